The van der Waals surface area contributed by atoms with Gasteiger partial charge in [0.2, 0.25) is 0 Å². The van der Waals surface area contributed by atoms with Crippen molar-refractivity contribution in [3.63, 3.8) is 0 Å². The van der Waals surface area contributed by atoms with E-state index in [9.17, 15) is 4.79 Å². The van der Waals surface area contributed by atoms with Crippen molar-refractivity contribution in [1.29, 1.82) is 0 Å². The number of aliphatic carboxylic acids is 1. The number of nitrogens with two attached hydrogens (primary N) is 1. The van der Waals surface area contributed by atoms with E-state index in [-0.39, 0.29) is 0 Å². The number of carbonyl (C=O) groups is 1. The summed E-state index contributed by atoms with van der Waals surface area (Å²) in [5.74, 6) is -0.674. The lowest BCUT2D eigenvalue weighted by molar-refractivity contribution is -0.137. The molecule has 1 fully saturated rings. The van der Waals surface area contributed by atoms with E-state index in [4.69, 9.17) is 10.8 Å². The lowest BCUT2D eigenvalue weighted by Crippen LogP contribution is -2.37. The lowest BCUT2D eigenvalue weighted by atomic mass is 9.92. The van der Waals surface area contributed by atoms with Crippen molar-refractivity contribution >= 4 is 5.97 Å². The fourth-order valence-corrected chi connectivity index (χ4v) is 2.56. The zero-order chi connectivity index (χ0) is 13.2. The molecule has 1 saturated carbocycles. The van der Waals surface area contributed by atoms with Crippen LogP contribution in [0.4, 0.5) is 0 Å². The summed E-state index contributed by atoms with van der Waals surface area (Å²) < 4.78 is 0. The summed E-state index contributed by atoms with van der Waals surface area (Å²) in [6.45, 7) is 1.10. The Labute approximate surface area is 110 Å². The second-order valence-corrected chi connectivity index (χ2v) is 5.48. The van der Waals surface area contributed by atoms with Crippen molar-refractivity contribution < 1.29 is 9.90 Å². The molecule has 4 nitrogen and oxygen atoms in total. The van der Waals surface area contributed by atoms with E-state index in [0.29, 0.717) is 18.5 Å². The van der Waals surface area contributed by atoms with Crippen LogP contribution in [-0.4, -0.2) is 29.7 Å². The molecule has 1 aliphatic carbocycles. The highest BCUT2D eigenvalue weighted by molar-refractivity contribution is 5.66. The van der Waals surface area contributed by atoms with Gasteiger partial charge in [0.05, 0.1) is 0 Å². The Morgan fingerprint density at radius 2 is 1.67 bits per heavy atom. The number of hydrogen-bond donors (Lipinski definition) is 3. The minimum absolute atomic E-state index is 0.320. The van der Waals surface area contributed by atoms with Gasteiger partial charge in [0.25, 0.3) is 0 Å². The average molecular weight is 256 g/mol. The van der Waals surface area contributed by atoms with Crippen LogP contribution in [0.5, 0.6) is 0 Å². The minimum Gasteiger partial charge on any atom is -0.481 e. The molecule has 106 valence electrons. The molecule has 0 aromatic carbocycles. The van der Waals surface area contributed by atoms with E-state index < -0.39 is 5.97 Å². The van der Waals surface area contributed by atoms with Crippen molar-refractivity contribution in [3.05, 3.63) is 0 Å². The molecule has 0 heterocycles. The van der Waals surface area contributed by atoms with Gasteiger partial charge in [-0.2, -0.15) is 0 Å². The van der Waals surface area contributed by atoms with Crippen LogP contribution in [0, 0.1) is 0 Å². The second-order valence-electron chi connectivity index (χ2n) is 5.48. The maximum absolute atomic E-state index is 10.3. The fraction of sp³-hybridized carbons (Fsp3) is 0.929. The fourth-order valence-electron chi connectivity index (χ4n) is 2.56. The Kier molecular flexibility index (Phi) is 8.01. The van der Waals surface area contributed by atoms with Gasteiger partial charge < -0.3 is 16.2 Å². The number of unbranched alkanes of at least 4 members (excludes halogenated alkanes) is 4. The molecule has 1 rings (SSSR count). The summed E-state index contributed by atoms with van der Waals surface area (Å²) in [6.07, 6.45) is 10.5. The van der Waals surface area contributed by atoms with Crippen molar-refractivity contribution in [2.75, 3.05) is 6.54 Å². The molecular weight excluding hydrogens is 228 g/mol. The Balaban J connectivity index is 1.82. The third-order valence-corrected chi connectivity index (χ3v) is 3.77. The SMILES string of the molecule is NC1CCC(NCCCCCCCC(=O)O)CC1. The van der Waals surface area contributed by atoms with Crippen molar-refractivity contribution in [2.24, 2.45) is 5.73 Å². The second kappa shape index (κ2) is 9.34. The summed E-state index contributed by atoms with van der Waals surface area (Å²) in [7, 11) is 0. The summed E-state index contributed by atoms with van der Waals surface area (Å²) in [5.41, 5.74) is 5.87. The maximum Gasteiger partial charge on any atom is 0.303 e. The zero-order valence-electron chi connectivity index (χ0n) is 11.4. The molecule has 18 heavy (non-hydrogen) atoms. The van der Waals surface area contributed by atoms with E-state index in [2.05, 4.69) is 5.32 Å². The van der Waals surface area contributed by atoms with Gasteiger partial charge in [-0.3, -0.25) is 4.79 Å². The van der Waals surface area contributed by atoms with E-state index in [1.807, 2.05) is 0 Å². The molecule has 0 amide bonds. The van der Waals surface area contributed by atoms with Gasteiger partial charge >= 0.3 is 5.97 Å². The summed E-state index contributed by atoms with van der Waals surface area (Å²) in [4.78, 5) is 10.3. The van der Waals surface area contributed by atoms with Crippen molar-refractivity contribution in [1.82, 2.24) is 5.32 Å². The van der Waals surface area contributed by atoms with E-state index >= 15 is 0 Å². The number of nitrogens with one attached hydrogen (secondary N) is 1. The quantitative estimate of drug-likeness (QED) is 0.553. The molecule has 0 spiro atoms. The number of carboxylic acid groups (broad SMARTS) is 1. The molecule has 0 unspecified atom stereocenters. The molecule has 0 saturated heterocycles. The Bertz CT molecular complexity index is 226. The zero-order valence-corrected chi connectivity index (χ0v) is 11.4. The van der Waals surface area contributed by atoms with Crippen LogP contribution in [0.2, 0.25) is 0 Å². The molecule has 1 aliphatic rings. The predicted octanol–water partition coefficient (Wildman–Crippen LogP) is 2.27. The van der Waals surface area contributed by atoms with Gasteiger partial charge in [0.15, 0.2) is 0 Å². The monoisotopic (exact) mass is 256 g/mol. The lowest BCUT2D eigenvalue weighted by Gasteiger charge is -2.26. The minimum atomic E-state index is -0.674. The third kappa shape index (κ3) is 7.67. The van der Waals surface area contributed by atoms with Gasteiger partial charge in [-0.05, 0) is 45.1 Å². The van der Waals surface area contributed by atoms with E-state index in [0.717, 1.165) is 38.6 Å². The van der Waals surface area contributed by atoms with Gasteiger partial charge in [-0.1, -0.05) is 19.3 Å². The number of carboxylic acids is 1. The van der Waals surface area contributed by atoms with Gasteiger partial charge in [-0.15, -0.1) is 0 Å². The molecule has 0 atom stereocenters. The first-order valence-electron chi connectivity index (χ1n) is 7.39. The summed E-state index contributed by atoms with van der Waals surface area (Å²) >= 11 is 0. The van der Waals surface area contributed by atoms with Crippen LogP contribution < -0.4 is 11.1 Å². The molecule has 0 aromatic rings. The van der Waals surface area contributed by atoms with Gasteiger partial charge in [0.1, 0.15) is 0 Å². The average Bonchev–Trinajstić information content (AvgIpc) is 2.34. The standard InChI is InChI=1S/C14H28N2O2/c15-12-7-9-13(10-8-12)16-11-5-3-1-2-4-6-14(17)18/h12-13,16H,1-11,15H2,(H,17,18). The van der Waals surface area contributed by atoms with Gasteiger partial charge in [0, 0.05) is 18.5 Å². The van der Waals surface area contributed by atoms with E-state index in [1.165, 1.54) is 25.7 Å². The molecular formula is C14H28N2O2. The van der Waals surface area contributed by atoms with Crippen molar-refractivity contribution in [2.45, 2.75) is 76.3 Å². The van der Waals surface area contributed by atoms with Crippen LogP contribution in [0.3, 0.4) is 0 Å². The molecule has 0 aliphatic heterocycles. The largest absolute Gasteiger partial charge is 0.481 e. The Hall–Kier alpha value is -0.610. The van der Waals surface area contributed by atoms with Crippen LogP contribution in [0.1, 0.15) is 64.2 Å². The summed E-state index contributed by atoms with van der Waals surface area (Å²) in [5, 5.41) is 12.1. The molecule has 0 bridgehead atoms. The predicted molar refractivity (Wildman–Crippen MR) is 73.6 cm³/mol. The van der Waals surface area contributed by atoms with Crippen molar-refractivity contribution in [3.8, 4) is 0 Å². The smallest absolute Gasteiger partial charge is 0.303 e. The summed E-state index contributed by atoms with van der Waals surface area (Å²) in [6, 6.07) is 1.11. The normalized spacial score (nSPS) is 24.1. The number of hydrogen-bond acceptors (Lipinski definition) is 3. The van der Waals surface area contributed by atoms with Crippen LogP contribution >= 0.6 is 0 Å². The van der Waals surface area contributed by atoms with E-state index in [1.54, 1.807) is 0 Å². The number of rotatable bonds is 9. The molecule has 0 radical (unpaired) electrons. The molecule has 4 N–H and O–H groups in total. The van der Waals surface area contributed by atoms with Gasteiger partial charge in [-0.25, -0.2) is 0 Å². The molecule has 0 aromatic heterocycles. The van der Waals surface area contributed by atoms with Crippen LogP contribution in [0.25, 0.3) is 0 Å². The molecule has 4 heteroatoms. The highest BCUT2D eigenvalue weighted by Gasteiger charge is 2.17. The third-order valence-electron chi connectivity index (χ3n) is 3.77. The first-order chi connectivity index (χ1) is 8.68. The highest BCUT2D eigenvalue weighted by atomic mass is 16.4. The Morgan fingerprint density at radius 3 is 2.33 bits per heavy atom. The first kappa shape index (κ1) is 15.4. The topological polar surface area (TPSA) is 75.3 Å². The van der Waals surface area contributed by atoms with Crippen LogP contribution in [0.15, 0.2) is 0 Å². The van der Waals surface area contributed by atoms with Crippen LogP contribution in [-0.2, 0) is 4.79 Å². The Morgan fingerprint density at radius 1 is 1.06 bits per heavy atom. The first-order valence-corrected chi connectivity index (χ1v) is 7.39. The highest BCUT2D eigenvalue weighted by Crippen LogP contribution is 2.16. The maximum atomic E-state index is 10.3.